The number of hydrogen-bond acceptors (Lipinski definition) is 6. The second kappa shape index (κ2) is 11.3. The van der Waals surface area contributed by atoms with E-state index in [1.807, 2.05) is 23.8 Å². The van der Waals surface area contributed by atoms with Crippen molar-refractivity contribution in [2.45, 2.75) is 38.5 Å². The predicted molar refractivity (Wildman–Crippen MR) is 163 cm³/mol. The minimum absolute atomic E-state index is 0.0193. The zero-order valence-corrected chi connectivity index (χ0v) is 24.2. The average Bonchev–Trinajstić information content (AvgIpc) is 3.62. The van der Waals surface area contributed by atoms with Gasteiger partial charge in [0.2, 0.25) is 0 Å². The lowest BCUT2D eigenvalue weighted by atomic mass is 9.98. The van der Waals surface area contributed by atoms with Crippen LogP contribution in [0.15, 0.2) is 61.1 Å². The van der Waals surface area contributed by atoms with Crippen LogP contribution in [0.25, 0.3) is 44.6 Å². The second-order valence-electron chi connectivity index (χ2n) is 11.4. The number of benzene rings is 2. The van der Waals surface area contributed by atoms with Crippen LogP contribution in [0.5, 0.6) is 0 Å². The lowest BCUT2D eigenvalue weighted by molar-refractivity contribution is 0.281. The number of halogens is 4. The van der Waals surface area contributed by atoms with Gasteiger partial charge < -0.3 is 25.3 Å². The maximum atomic E-state index is 14.5. The Labute approximate surface area is 255 Å². The van der Waals surface area contributed by atoms with Crippen molar-refractivity contribution in [2.24, 2.45) is 5.73 Å². The van der Waals surface area contributed by atoms with E-state index in [2.05, 4.69) is 19.9 Å². The summed E-state index contributed by atoms with van der Waals surface area (Å²) in [6.07, 6.45) is 6.48. The third-order valence-electron chi connectivity index (χ3n) is 8.50. The summed E-state index contributed by atoms with van der Waals surface area (Å²) < 4.78 is 59.3. The number of aliphatic hydroxyl groups excluding tert-OH is 1. The molecule has 4 N–H and O–H groups in total. The van der Waals surface area contributed by atoms with Gasteiger partial charge in [0.25, 0.3) is 0 Å². The summed E-state index contributed by atoms with van der Waals surface area (Å²) in [5.41, 5.74) is 10.8. The molecule has 0 bridgehead atoms. The minimum Gasteiger partial charge on any atom is -0.392 e. The molecule has 1 saturated heterocycles. The summed E-state index contributed by atoms with van der Waals surface area (Å²) in [5, 5.41) is 10.1. The molecule has 12 heteroatoms. The predicted octanol–water partition coefficient (Wildman–Crippen LogP) is 6.23. The van der Waals surface area contributed by atoms with Crippen LogP contribution in [0, 0.1) is 23.3 Å². The highest BCUT2D eigenvalue weighted by Gasteiger charge is 2.29. The Balaban J connectivity index is 1.53. The number of fused-ring (bicyclic) bond motifs is 2. The number of aromatic nitrogens is 5. The SMILES string of the molecule is CC(c1ccc(CO)cn1)n1cc(-c2nc3cc(F)c(F)cc3[nH]2)c2c(N3CCC(N)CC3)c(-c3cc(F)cc(F)c3)cnc21. The quantitative estimate of drug-likeness (QED) is 0.192. The summed E-state index contributed by atoms with van der Waals surface area (Å²) in [7, 11) is 0. The Morgan fingerprint density at radius 2 is 1.69 bits per heavy atom. The molecular weight excluding hydrogens is 586 g/mol. The van der Waals surface area contributed by atoms with Gasteiger partial charge in [-0.05, 0) is 49.1 Å². The molecule has 7 rings (SSSR count). The van der Waals surface area contributed by atoms with Crippen molar-refractivity contribution >= 4 is 27.8 Å². The topological polar surface area (TPSA) is 109 Å². The number of pyridine rings is 2. The molecule has 4 aromatic heterocycles. The number of aliphatic hydroxyl groups is 1. The third kappa shape index (κ3) is 5.19. The average molecular weight is 616 g/mol. The number of rotatable bonds is 6. The second-order valence-corrected chi connectivity index (χ2v) is 11.4. The molecule has 230 valence electrons. The van der Waals surface area contributed by atoms with Crippen molar-refractivity contribution in [1.29, 1.82) is 0 Å². The first-order chi connectivity index (χ1) is 21.7. The Morgan fingerprint density at radius 1 is 0.956 bits per heavy atom. The van der Waals surface area contributed by atoms with Gasteiger partial charge in [-0.15, -0.1) is 0 Å². The van der Waals surface area contributed by atoms with E-state index in [9.17, 15) is 22.7 Å². The Morgan fingerprint density at radius 3 is 2.38 bits per heavy atom. The molecule has 8 nitrogen and oxygen atoms in total. The molecule has 1 fully saturated rings. The molecule has 45 heavy (non-hydrogen) atoms. The number of nitrogens with two attached hydrogens (primary N) is 1. The highest BCUT2D eigenvalue weighted by molar-refractivity contribution is 6.07. The van der Waals surface area contributed by atoms with Crippen molar-refractivity contribution < 1.29 is 22.7 Å². The highest BCUT2D eigenvalue weighted by atomic mass is 19.2. The summed E-state index contributed by atoms with van der Waals surface area (Å²) in [5.74, 6) is -3.12. The first-order valence-corrected chi connectivity index (χ1v) is 14.6. The molecule has 0 amide bonds. The van der Waals surface area contributed by atoms with Gasteiger partial charge >= 0.3 is 0 Å². The van der Waals surface area contributed by atoms with Crippen LogP contribution in [0.4, 0.5) is 23.2 Å². The Hall–Kier alpha value is -4.81. The van der Waals surface area contributed by atoms with Crippen LogP contribution in [-0.2, 0) is 6.61 Å². The Bertz CT molecular complexity index is 1990. The van der Waals surface area contributed by atoms with Crippen molar-refractivity contribution in [1.82, 2.24) is 24.5 Å². The van der Waals surface area contributed by atoms with Crippen LogP contribution >= 0.6 is 0 Å². The lowest BCUT2D eigenvalue weighted by Crippen LogP contribution is -2.40. The van der Waals surface area contributed by atoms with Crippen LogP contribution in [0.3, 0.4) is 0 Å². The van der Waals surface area contributed by atoms with Crippen LogP contribution in [0.1, 0.15) is 37.1 Å². The van der Waals surface area contributed by atoms with Gasteiger partial charge in [0, 0.05) is 67.0 Å². The fourth-order valence-electron chi connectivity index (χ4n) is 6.10. The molecule has 6 aromatic rings. The van der Waals surface area contributed by atoms with Crippen molar-refractivity contribution in [3.63, 3.8) is 0 Å². The van der Waals surface area contributed by atoms with E-state index in [-0.39, 0.29) is 24.2 Å². The van der Waals surface area contributed by atoms with Crippen LogP contribution < -0.4 is 10.6 Å². The highest BCUT2D eigenvalue weighted by Crippen LogP contribution is 2.44. The van der Waals surface area contributed by atoms with Gasteiger partial charge in [-0.1, -0.05) is 6.07 Å². The monoisotopic (exact) mass is 615 g/mol. The summed E-state index contributed by atoms with van der Waals surface area (Å²) in [4.78, 5) is 19.3. The number of piperidine rings is 1. The minimum atomic E-state index is -1.02. The summed E-state index contributed by atoms with van der Waals surface area (Å²) in [6, 6.07) is 8.73. The molecule has 1 unspecified atom stereocenters. The van der Waals surface area contributed by atoms with Crippen molar-refractivity contribution in [3.8, 4) is 22.5 Å². The molecule has 0 aliphatic carbocycles. The molecule has 2 aromatic carbocycles. The van der Waals surface area contributed by atoms with E-state index in [4.69, 9.17) is 10.7 Å². The maximum Gasteiger partial charge on any atom is 0.161 e. The first kappa shape index (κ1) is 28.9. The fourth-order valence-corrected chi connectivity index (χ4v) is 6.10. The molecular formula is C33H29F4N7O. The number of aromatic amines is 1. The summed E-state index contributed by atoms with van der Waals surface area (Å²) >= 11 is 0. The molecule has 0 saturated carbocycles. The van der Waals surface area contributed by atoms with E-state index in [0.29, 0.717) is 81.9 Å². The largest absolute Gasteiger partial charge is 0.392 e. The zero-order valence-electron chi connectivity index (χ0n) is 24.2. The van der Waals surface area contributed by atoms with Gasteiger partial charge in [0.1, 0.15) is 23.1 Å². The van der Waals surface area contributed by atoms with E-state index in [1.54, 1.807) is 18.5 Å². The number of anilines is 1. The van der Waals surface area contributed by atoms with Gasteiger partial charge in [0.05, 0.1) is 40.4 Å². The van der Waals surface area contributed by atoms with Crippen LogP contribution in [0.2, 0.25) is 0 Å². The van der Waals surface area contributed by atoms with Crippen LogP contribution in [-0.4, -0.2) is 48.7 Å². The first-order valence-electron chi connectivity index (χ1n) is 14.6. The van der Waals surface area contributed by atoms with E-state index >= 15 is 0 Å². The van der Waals surface area contributed by atoms with Gasteiger partial charge in [-0.25, -0.2) is 27.5 Å². The number of hydrogen-bond donors (Lipinski definition) is 3. The lowest BCUT2D eigenvalue weighted by Gasteiger charge is -2.34. The van der Waals surface area contributed by atoms with E-state index in [0.717, 1.165) is 18.2 Å². The number of nitrogens with one attached hydrogen (secondary N) is 1. The Kier molecular flexibility index (Phi) is 7.25. The molecule has 5 heterocycles. The zero-order chi connectivity index (χ0) is 31.4. The van der Waals surface area contributed by atoms with E-state index in [1.165, 1.54) is 12.1 Å². The normalized spacial score (nSPS) is 15.0. The third-order valence-corrected chi connectivity index (χ3v) is 8.50. The molecule has 0 spiro atoms. The standard InChI is InChI=1S/C33H29F4N7O/c1-17(27-3-2-18(16-45)13-39-27)44-15-24(32-41-28-11-25(36)26(37)12-29(28)42-32)30-31(43-6-4-22(38)5-7-43)23(14-40-33(30)44)19-8-20(34)10-21(35)9-19/h2-3,8-15,17,22,45H,4-7,16,38H2,1H3,(H,41,42). The summed E-state index contributed by atoms with van der Waals surface area (Å²) in [6.45, 7) is 2.99. The molecule has 1 aliphatic heterocycles. The maximum absolute atomic E-state index is 14.5. The molecule has 1 atom stereocenters. The number of imidazole rings is 1. The smallest absolute Gasteiger partial charge is 0.161 e. The number of nitrogens with zero attached hydrogens (tertiary/aromatic N) is 5. The van der Waals surface area contributed by atoms with Gasteiger partial charge in [-0.2, -0.15) is 0 Å². The molecule has 1 aliphatic rings. The van der Waals surface area contributed by atoms with E-state index < -0.39 is 23.3 Å². The fraction of sp³-hybridized carbons (Fsp3) is 0.242. The van der Waals surface area contributed by atoms with Crippen molar-refractivity contribution in [3.05, 3.63) is 95.6 Å². The van der Waals surface area contributed by atoms with Gasteiger partial charge in [0.15, 0.2) is 11.6 Å². The number of H-pyrrole nitrogens is 1. The van der Waals surface area contributed by atoms with Crippen molar-refractivity contribution in [2.75, 3.05) is 18.0 Å². The van der Waals surface area contributed by atoms with Gasteiger partial charge in [-0.3, -0.25) is 4.98 Å². The molecule has 0 radical (unpaired) electrons.